The van der Waals surface area contributed by atoms with Crippen molar-refractivity contribution in [3.63, 3.8) is 0 Å². The summed E-state index contributed by atoms with van der Waals surface area (Å²) in [6.45, 7) is 0.113. The second-order valence-corrected chi connectivity index (χ2v) is 5.52. The van der Waals surface area contributed by atoms with E-state index < -0.39 is 11.7 Å². The van der Waals surface area contributed by atoms with Crippen LogP contribution in [0.15, 0.2) is 36.5 Å². The molecule has 24 heavy (non-hydrogen) atoms. The van der Waals surface area contributed by atoms with E-state index in [1.54, 1.807) is 12.1 Å². The third kappa shape index (κ3) is 4.97. The van der Waals surface area contributed by atoms with Gasteiger partial charge in [0, 0.05) is 6.54 Å². The summed E-state index contributed by atoms with van der Waals surface area (Å²) in [4.78, 5) is 4.07. The summed E-state index contributed by atoms with van der Waals surface area (Å²) >= 11 is 10.7. The van der Waals surface area contributed by atoms with Gasteiger partial charge in [-0.1, -0.05) is 17.7 Å². The normalized spacial score (nSPS) is 11.0. The fraction of sp³-hybridized carbons (Fsp3) is 0.200. The fourth-order valence-corrected chi connectivity index (χ4v) is 2.22. The maximum Gasteiger partial charge on any atom is 0.417 e. The molecule has 0 atom stereocenters. The average molecular weight is 376 g/mol. The van der Waals surface area contributed by atoms with Crippen molar-refractivity contribution >= 4 is 34.7 Å². The van der Waals surface area contributed by atoms with Crippen molar-refractivity contribution in [1.82, 2.24) is 10.3 Å². The highest BCUT2D eigenvalue weighted by molar-refractivity contribution is 7.80. The van der Waals surface area contributed by atoms with E-state index in [0.717, 1.165) is 6.07 Å². The van der Waals surface area contributed by atoms with Crippen LogP contribution in [0.1, 0.15) is 11.1 Å². The molecule has 0 radical (unpaired) electrons. The Labute approximate surface area is 147 Å². The van der Waals surface area contributed by atoms with E-state index >= 15 is 0 Å². The number of nitrogens with zero attached hydrogens (tertiary/aromatic N) is 1. The van der Waals surface area contributed by atoms with Gasteiger partial charge in [0.2, 0.25) is 0 Å². The fourth-order valence-electron chi connectivity index (χ4n) is 1.82. The van der Waals surface area contributed by atoms with Gasteiger partial charge in [0.15, 0.2) is 5.11 Å². The summed E-state index contributed by atoms with van der Waals surface area (Å²) < 4.78 is 43.4. The lowest BCUT2D eigenvalue weighted by Gasteiger charge is -2.13. The van der Waals surface area contributed by atoms with E-state index in [2.05, 4.69) is 15.6 Å². The summed E-state index contributed by atoms with van der Waals surface area (Å²) in [6.07, 6.45) is -2.99. The Morgan fingerprint density at radius 1 is 1.29 bits per heavy atom. The Morgan fingerprint density at radius 3 is 2.62 bits per heavy atom. The second-order valence-electron chi connectivity index (χ2n) is 4.70. The highest BCUT2D eigenvalue weighted by Crippen LogP contribution is 2.35. The third-order valence-electron chi connectivity index (χ3n) is 3.00. The quantitative estimate of drug-likeness (QED) is 0.782. The number of methoxy groups -OCH3 is 1. The number of thiocarbonyl (C=S) groups is 1. The van der Waals surface area contributed by atoms with Gasteiger partial charge in [0.05, 0.1) is 23.9 Å². The Hall–Kier alpha value is -2.06. The van der Waals surface area contributed by atoms with Gasteiger partial charge < -0.3 is 15.4 Å². The molecule has 0 aliphatic rings. The van der Waals surface area contributed by atoms with Gasteiger partial charge in [-0.05, 0) is 42.0 Å². The molecular weight excluding hydrogens is 363 g/mol. The van der Waals surface area contributed by atoms with E-state index in [1.165, 1.54) is 25.4 Å². The maximum absolute atomic E-state index is 12.8. The van der Waals surface area contributed by atoms with Gasteiger partial charge in [-0.25, -0.2) is 4.98 Å². The molecule has 2 N–H and O–H groups in total. The van der Waals surface area contributed by atoms with Crippen LogP contribution in [-0.2, 0) is 12.7 Å². The van der Waals surface area contributed by atoms with E-state index in [4.69, 9.17) is 28.6 Å². The molecule has 0 amide bonds. The first-order valence-electron chi connectivity index (χ1n) is 6.70. The highest BCUT2D eigenvalue weighted by atomic mass is 35.5. The van der Waals surface area contributed by atoms with E-state index in [0.29, 0.717) is 17.1 Å². The Kier molecular flexibility index (Phi) is 5.84. The molecule has 1 heterocycles. The molecule has 0 unspecified atom stereocenters. The Balaban J connectivity index is 1.96. The number of pyridine rings is 1. The first kappa shape index (κ1) is 18.3. The molecule has 1 aromatic carbocycles. The molecule has 0 bridgehead atoms. The lowest BCUT2D eigenvalue weighted by Crippen LogP contribution is -2.28. The van der Waals surface area contributed by atoms with Gasteiger partial charge in [-0.15, -0.1) is 0 Å². The van der Waals surface area contributed by atoms with Crippen molar-refractivity contribution in [2.45, 2.75) is 12.7 Å². The summed E-state index contributed by atoms with van der Waals surface area (Å²) in [5.41, 5.74) is -0.474. The minimum Gasteiger partial charge on any atom is -0.495 e. The standard InChI is InChI=1S/C15H13ClF3N3OS/c1-23-10-3-5-13(20-8-10)22-14(24)21-7-9-2-4-12(16)11(6-9)15(17,18)19/h2-6,8H,7H2,1H3,(H2,20,21,22,24). The number of rotatable bonds is 4. The van der Waals surface area contributed by atoms with Gasteiger partial charge >= 0.3 is 6.18 Å². The average Bonchev–Trinajstić information content (AvgIpc) is 2.53. The number of nitrogens with one attached hydrogen (secondary N) is 2. The van der Waals surface area contributed by atoms with E-state index in [-0.39, 0.29) is 16.7 Å². The first-order chi connectivity index (χ1) is 11.3. The van der Waals surface area contributed by atoms with Crippen molar-refractivity contribution < 1.29 is 17.9 Å². The molecular formula is C15H13ClF3N3OS. The maximum atomic E-state index is 12.8. The minimum atomic E-state index is -4.50. The van der Waals surface area contributed by atoms with Gasteiger partial charge in [0.25, 0.3) is 0 Å². The molecule has 0 spiro atoms. The van der Waals surface area contributed by atoms with E-state index in [9.17, 15) is 13.2 Å². The van der Waals surface area contributed by atoms with Crippen LogP contribution in [0, 0.1) is 0 Å². The number of halogens is 4. The minimum absolute atomic E-state index is 0.113. The van der Waals surface area contributed by atoms with Crippen molar-refractivity contribution in [2.24, 2.45) is 0 Å². The highest BCUT2D eigenvalue weighted by Gasteiger charge is 2.33. The van der Waals surface area contributed by atoms with Crippen LogP contribution in [0.2, 0.25) is 5.02 Å². The number of anilines is 1. The third-order valence-corrected chi connectivity index (χ3v) is 3.58. The molecule has 128 valence electrons. The van der Waals surface area contributed by atoms with Crippen molar-refractivity contribution in [2.75, 3.05) is 12.4 Å². The molecule has 9 heteroatoms. The van der Waals surface area contributed by atoms with Crippen LogP contribution in [0.3, 0.4) is 0 Å². The zero-order valence-electron chi connectivity index (χ0n) is 12.4. The van der Waals surface area contributed by atoms with Crippen molar-refractivity contribution in [1.29, 1.82) is 0 Å². The molecule has 0 saturated carbocycles. The molecule has 2 rings (SSSR count). The van der Waals surface area contributed by atoms with Crippen LogP contribution in [0.4, 0.5) is 19.0 Å². The van der Waals surface area contributed by atoms with Crippen LogP contribution in [0.5, 0.6) is 5.75 Å². The first-order valence-corrected chi connectivity index (χ1v) is 7.48. The molecule has 1 aromatic heterocycles. The molecule has 0 saturated heterocycles. The van der Waals surface area contributed by atoms with Crippen LogP contribution >= 0.6 is 23.8 Å². The van der Waals surface area contributed by atoms with Crippen LogP contribution in [-0.4, -0.2) is 17.2 Å². The van der Waals surface area contributed by atoms with Gasteiger partial charge in [-0.2, -0.15) is 13.2 Å². The van der Waals surface area contributed by atoms with Gasteiger partial charge in [0.1, 0.15) is 11.6 Å². The number of alkyl halides is 3. The Bertz CT molecular complexity index is 723. The molecule has 0 aliphatic carbocycles. The Morgan fingerprint density at radius 2 is 2.04 bits per heavy atom. The number of hydrogen-bond acceptors (Lipinski definition) is 3. The number of ether oxygens (including phenoxy) is 1. The predicted octanol–water partition coefficient (Wildman–Crippen LogP) is 4.25. The zero-order valence-corrected chi connectivity index (χ0v) is 14.0. The molecule has 2 aromatic rings. The number of benzene rings is 1. The van der Waals surface area contributed by atoms with Gasteiger partial charge in [-0.3, -0.25) is 0 Å². The monoisotopic (exact) mass is 375 g/mol. The summed E-state index contributed by atoms with van der Waals surface area (Å²) in [5.74, 6) is 1.08. The van der Waals surface area contributed by atoms with Crippen LogP contribution < -0.4 is 15.4 Å². The summed E-state index contributed by atoms with van der Waals surface area (Å²) in [6, 6.07) is 7.06. The van der Waals surface area contributed by atoms with Crippen molar-refractivity contribution in [3.8, 4) is 5.75 Å². The van der Waals surface area contributed by atoms with E-state index in [1.807, 2.05) is 0 Å². The molecule has 4 nitrogen and oxygen atoms in total. The molecule has 0 aliphatic heterocycles. The topological polar surface area (TPSA) is 46.2 Å². The number of aromatic nitrogens is 1. The summed E-state index contributed by atoms with van der Waals surface area (Å²) in [7, 11) is 1.53. The number of hydrogen-bond donors (Lipinski definition) is 2. The zero-order chi connectivity index (χ0) is 17.7. The SMILES string of the molecule is COc1ccc(NC(=S)NCc2ccc(Cl)c(C(F)(F)F)c2)nc1. The summed E-state index contributed by atoms with van der Waals surface area (Å²) in [5, 5.41) is 5.53. The van der Waals surface area contributed by atoms with Crippen LogP contribution in [0.25, 0.3) is 0 Å². The predicted molar refractivity (Wildman–Crippen MR) is 90.3 cm³/mol. The lowest BCUT2D eigenvalue weighted by molar-refractivity contribution is -0.137. The van der Waals surface area contributed by atoms with Crippen molar-refractivity contribution in [3.05, 3.63) is 52.7 Å². The molecule has 0 fully saturated rings. The largest absolute Gasteiger partial charge is 0.495 e. The lowest BCUT2D eigenvalue weighted by atomic mass is 10.1. The smallest absolute Gasteiger partial charge is 0.417 e. The second kappa shape index (κ2) is 7.67.